The highest BCUT2D eigenvalue weighted by Crippen LogP contribution is 2.32. The quantitative estimate of drug-likeness (QED) is 0.873. The molecule has 1 nitrogen and oxygen atoms in total. The number of aryl methyl sites for hydroxylation is 1. The van der Waals surface area contributed by atoms with Crippen LogP contribution in [0, 0.1) is 6.92 Å². The van der Waals surface area contributed by atoms with Gasteiger partial charge in [0.15, 0.2) is 0 Å². The fourth-order valence-electron chi connectivity index (χ4n) is 1.78. The van der Waals surface area contributed by atoms with Crippen LogP contribution in [-0.4, -0.2) is 0 Å². The summed E-state index contributed by atoms with van der Waals surface area (Å²) in [5.74, 6) is 0. The van der Waals surface area contributed by atoms with Crippen LogP contribution in [0.4, 0.5) is 13.2 Å². The van der Waals surface area contributed by atoms with Crippen molar-refractivity contribution in [2.24, 2.45) is 5.73 Å². The van der Waals surface area contributed by atoms with Gasteiger partial charge in [0.05, 0.1) is 11.6 Å². The Kier molecular flexibility index (Phi) is 3.45. The number of hydrogen-bond acceptors (Lipinski definition) is 2. The molecule has 0 saturated heterocycles. The Morgan fingerprint density at radius 1 is 1.22 bits per heavy atom. The molecule has 2 aromatic rings. The summed E-state index contributed by atoms with van der Waals surface area (Å²) in [5.41, 5.74) is 7.71. The van der Waals surface area contributed by atoms with Gasteiger partial charge in [0.1, 0.15) is 0 Å². The van der Waals surface area contributed by atoms with Gasteiger partial charge in [-0.05, 0) is 46.5 Å². The van der Waals surface area contributed by atoms with Crippen LogP contribution in [0.15, 0.2) is 35.0 Å². The molecule has 0 spiro atoms. The lowest BCUT2D eigenvalue weighted by Crippen LogP contribution is -2.14. The highest BCUT2D eigenvalue weighted by Gasteiger charge is 2.30. The number of halogens is 3. The minimum absolute atomic E-state index is 0.478. The number of alkyl halides is 3. The molecule has 0 saturated carbocycles. The molecule has 96 valence electrons. The van der Waals surface area contributed by atoms with Crippen LogP contribution in [0.3, 0.4) is 0 Å². The predicted molar refractivity (Wildman–Crippen MR) is 66.5 cm³/mol. The molecular formula is C13H12F3NS. The van der Waals surface area contributed by atoms with Crippen LogP contribution < -0.4 is 5.73 Å². The predicted octanol–water partition coefficient (Wildman–Crippen LogP) is 4.12. The van der Waals surface area contributed by atoms with E-state index < -0.39 is 17.8 Å². The second kappa shape index (κ2) is 4.74. The third kappa shape index (κ3) is 2.57. The number of hydrogen-bond donors (Lipinski definition) is 1. The van der Waals surface area contributed by atoms with Crippen LogP contribution in [0.2, 0.25) is 0 Å². The van der Waals surface area contributed by atoms with Gasteiger partial charge >= 0.3 is 6.18 Å². The summed E-state index contributed by atoms with van der Waals surface area (Å²) in [7, 11) is 0. The van der Waals surface area contributed by atoms with Gasteiger partial charge in [0.2, 0.25) is 0 Å². The highest BCUT2D eigenvalue weighted by atomic mass is 32.1. The van der Waals surface area contributed by atoms with Gasteiger partial charge < -0.3 is 5.73 Å². The van der Waals surface area contributed by atoms with Gasteiger partial charge in [-0.3, -0.25) is 0 Å². The van der Waals surface area contributed by atoms with E-state index in [0.717, 1.165) is 23.3 Å². The first-order valence-corrected chi connectivity index (χ1v) is 6.29. The molecule has 0 aliphatic carbocycles. The van der Waals surface area contributed by atoms with E-state index in [-0.39, 0.29) is 0 Å². The normalized spacial score (nSPS) is 13.6. The third-order valence-electron chi connectivity index (χ3n) is 2.80. The standard InChI is InChI=1S/C13H12F3NS/c1-8-6-18-7-11(8)12(17)9-3-2-4-10(5-9)13(14,15)16/h2-7,12H,17H2,1H3. The van der Waals surface area contributed by atoms with Crippen molar-refractivity contribution in [3.05, 3.63) is 57.3 Å². The Bertz CT molecular complexity index is 545. The van der Waals surface area contributed by atoms with Gasteiger partial charge in [-0.15, -0.1) is 0 Å². The molecule has 1 unspecified atom stereocenters. The summed E-state index contributed by atoms with van der Waals surface area (Å²) in [6, 6.07) is 4.66. The summed E-state index contributed by atoms with van der Waals surface area (Å²) in [4.78, 5) is 0. The summed E-state index contributed by atoms with van der Waals surface area (Å²) in [5, 5.41) is 3.81. The van der Waals surface area contributed by atoms with Crippen LogP contribution in [0.5, 0.6) is 0 Å². The van der Waals surface area contributed by atoms with Crippen molar-refractivity contribution in [2.75, 3.05) is 0 Å². The molecule has 0 fully saturated rings. The largest absolute Gasteiger partial charge is 0.416 e. The van der Waals surface area contributed by atoms with E-state index in [1.54, 1.807) is 6.07 Å². The van der Waals surface area contributed by atoms with E-state index in [2.05, 4.69) is 0 Å². The van der Waals surface area contributed by atoms with Crippen molar-refractivity contribution >= 4 is 11.3 Å². The third-order valence-corrected chi connectivity index (χ3v) is 3.68. The highest BCUT2D eigenvalue weighted by molar-refractivity contribution is 7.08. The summed E-state index contributed by atoms with van der Waals surface area (Å²) in [6.45, 7) is 1.90. The lowest BCUT2D eigenvalue weighted by molar-refractivity contribution is -0.137. The van der Waals surface area contributed by atoms with Gasteiger partial charge in [0.25, 0.3) is 0 Å². The van der Waals surface area contributed by atoms with E-state index in [9.17, 15) is 13.2 Å². The molecule has 1 aromatic carbocycles. The molecule has 5 heteroatoms. The zero-order chi connectivity index (χ0) is 13.3. The van der Waals surface area contributed by atoms with Gasteiger partial charge in [-0.1, -0.05) is 12.1 Å². The summed E-state index contributed by atoms with van der Waals surface area (Å²) in [6.07, 6.45) is -4.33. The van der Waals surface area contributed by atoms with E-state index in [4.69, 9.17) is 5.73 Å². The number of benzene rings is 1. The van der Waals surface area contributed by atoms with Crippen LogP contribution in [0.1, 0.15) is 28.3 Å². The van der Waals surface area contributed by atoms with Crippen LogP contribution in [-0.2, 0) is 6.18 Å². The molecular weight excluding hydrogens is 259 g/mol. The molecule has 2 N–H and O–H groups in total. The van der Waals surface area contributed by atoms with Crippen molar-refractivity contribution in [3.63, 3.8) is 0 Å². The fraction of sp³-hybridized carbons (Fsp3) is 0.231. The van der Waals surface area contributed by atoms with Crippen molar-refractivity contribution in [3.8, 4) is 0 Å². The fourth-order valence-corrected chi connectivity index (χ4v) is 2.66. The molecule has 0 bridgehead atoms. The Morgan fingerprint density at radius 2 is 1.94 bits per heavy atom. The van der Waals surface area contributed by atoms with Crippen molar-refractivity contribution < 1.29 is 13.2 Å². The topological polar surface area (TPSA) is 26.0 Å². The van der Waals surface area contributed by atoms with Gasteiger partial charge in [-0.25, -0.2) is 0 Å². The average Bonchev–Trinajstić information content (AvgIpc) is 2.73. The van der Waals surface area contributed by atoms with E-state index in [1.165, 1.54) is 17.4 Å². The first kappa shape index (κ1) is 13.1. The maximum absolute atomic E-state index is 12.6. The SMILES string of the molecule is Cc1cscc1C(N)c1cccc(C(F)(F)F)c1. The summed E-state index contributed by atoms with van der Waals surface area (Å²) >= 11 is 1.50. The molecule has 0 aliphatic heterocycles. The van der Waals surface area contributed by atoms with Gasteiger partial charge in [0, 0.05) is 0 Å². The van der Waals surface area contributed by atoms with E-state index >= 15 is 0 Å². The summed E-state index contributed by atoms with van der Waals surface area (Å²) < 4.78 is 37.8. The second-order valence-electron chi connectivity index (χ2n) is 4.11. The van der Waals surface area contributed by atoms with Crippen molar-refractivity contribution in [1.82, 2.24) is 0 Å². The molecule has 0 amide bonds. The smallest absolute Gasteiger partial charge is 0.320 e. The second-order valence-corrected chi connectivity index (χ2v) is 4.85. The zero-order valence-electron chi connectivity index (χ0n) is 9.66. The van der Waals surface area contributed by atoms with E-state index in [1.807, 2.05) is 17.7 Å². The number of nitrogens with two attached hydrogens (primary N) is 1. The molecule has 2 rings (SSSR count). The first-order chi connectivity index (χ1) is 8.39. The molecule has 1 heterocycles. The molecule has 1 atom stereocenters. The van der Waals surface area contributed by atoms with Crippen molar-refractivity contribution in [1.29, 1.82) is 0 Å². The number of rotatable bonds is 2. The zero-order valence-corrected chi connectivity index (χ0v) is 10.5. The first-order valence-electron chi connectivity index (χ1n) is 5.35. The van der Waals surface area contributed by atoms with E-state index in [0.29, 0.717) is 5.56 Å². The Labute approximate surface area is 107 Å². The van der Waals surface area contributed by atoms with Crippen LogP contribution >= 0.6 is 11.3 Å². The average molecular weight is 271 g/mol. The number of thiophene rings is 1. The lowest BCUT2D eigenvalue weighted by Gasteiger charge is -2.14. The minimum Gasteiger partial charge on any atom is -0.320 e. The monoisotopic (exact) mass is 271 g/mol. The molecule has 18 heavy (non-hydrogen) atoms. The Balaban J connectivity index is 2.38. The molecule has 1 aromatic heterocycles. The lowest BCUT2D eigenvalue weighted by atomic mass is 9.98. The van der Waals surface area contributed by atoms with Crippen LogP contribution in [0.25, 0.3) is 0 Å². The Hall–Kier alpha value is -1.33. The Morgan fingerprint density at radius 3 is 2.50 bits per heavy atom. The van der Waals surface area contributed by atoms with Crippen molar-refractivity contribution in [2.45, 2.75) is 19.1 Å². The maximum atomic E-state index is 12.6. The minimum atomic E-state index is -4.33. The molecule has 0 aliphatic rings. The maximum Gasteiger partial charge on any atom is 0.416 e. The van der Waals surface area contributed by atoms with Gasteiger partial charge in [-0.2, -0.15) is 24.5 Å². The molecule has 0 radical (unpaired) electrons.